The van der Waals surface area contributed by atoms with Crippen LogP contribution in [-0.2, 0) is 11.2 Å². The molecule has 0 bridgehead atoms. The number of phenols is 2. The summed E-state index contributed by atoms with van der Waals surface area (Å²) >= 11 is 0. The molecular formula is C13H23NO3. The van der Waals surface area contributed by atoms with Gasteiger partial charge in [-0.05, 0) is 24.1 Å². The Morgan fingerprint density at radius 2 is 1.65 bits per heavy atom. The Morgan fingerprint density at radius 3 is 2.06 bits per heavy atom. The fourth-order valence-electron chi connectivity index (χ4n) is 0.992. The number of phenolic OH excluding ortho intramolecular Hbond substituents is 2. The van der Waals surface area contributed by atoms with Crippen molar-refractivity contribution >= 4 is 5.91 Å². The van der Waals surface area contributed by atoms with Gasteiger partial charge in [-0.15, -0.1) is 0 Å². The summed E-state index contributed by atoms with van der Waals surface area (Å²) in [5, 5.41) is 18.1. The van der Waals surface area contributed by atoms with Gasteiger partial charge in [-0.2, -0.15) is 0 Å². The van der Waals surface area contributed by atoms with Crippen molar-refractivity contribution in [3.8, 4) is 11.5 Å². The third kappa shape index (κ3) is 8.13. The van der Waals surface area contributed by atoms with Crippen molar-refractivity contribution in [1.82, 2.24) is 0 Å². The first-order valence-electron chi connectivity index (χ1n) is 5.89. The van der Waals surface area contributed by atoms with Gasteiger partial charge in [0.2, 0.25) is 5.91 Å². The smallest absolute Gasteiger partial charge is 0.217 e. The summed E-state index contributed by atoms with van der Waals surface area (Å²) in [6, 6.07) is 4.43. The molecular weight excluding hydrogens is 218 g/mol. The summed E-state index contributed by atoms with van der Waals surface area (Å²) in [5.74, 6) is -0.725. The van der Waals surface area contributed by atoms with Gasteiger partial charge in [0.05, 0.1) is 0 Å². The predicted octanol–water partition coefficient (Wildman–Crippen LogP) is 2.57. The molecule has 17 heavy (non-hydrogen) atoms. The van der Waals surface area contributed by atoms with Crippen LogP contribution in [0.25, 0.3) is 0 Å². The molecule has 4 nitrogen and oxygen atoms in total. The van der Waals surface area contributed by atoms with Gasteiger partial charge in [0.25, 0.3) is 0 Å². The zero-order chi connectivity index (χ0) is 13.8. The second kappa shape index (κ2) is 10.8. The topological polar surface area (TPSA) is 83.6 Å². The van der Waals surface area contributed by atoms with Crippen LogP contribution >= 0.6 is 0 Å². The lowest BCUT2D eigenvalue weighted by Gasteiger charge is -2.01. The maximum Gasteiger partial charge on any atom is 0.217 e. The maximum absolute atomic E-state index is 10.4. The molecule has 0 saturated carbocycles. The minimum atomic E-state index is -0.382. The van der Waals surface area contributed by atoms with Crippen molar-refractivity contribution in [2.75, 3.05) is 0 Å². The summed E-state index contributed by atoms with van der Waals surface area (Å²) in [7, 11) is 0. The van der Waals surface area contributed by atoms with Crippen LogP contribution in [0.15, 0.2) is 18.2 Å². The maximum atomic E-state index is 10.4. The number of rotatable bonds is 3. The Hall–Kier alpha value is -1.71. The highest BCUT2D eigenvalue weighted by atomic mass is 16.3. The molecule has 1 aromatic carbocycles. The Balaban J connectivity index is 0. The molecule has 0 saturated heterocycles. The molecule has 0 aliphatic carbocycles. The second-order valence-electron chi connectivity index (χ2n) is 2.79. The summed E-state index contributed by atoms with van der Waals surface area (Å²) in [5.41, 5.74) is 5.73. The Morgan fingerprint density at radius 1 is 1.12 bits per heavy atom. The number of primary amides is 1. The monoisotopic (exact) mass is 241 g/mol. The number of aryl methyl sites for hydroxylation is 1. The summed E-state index contributed by atoms with van der Waals surface area (Å²) in [6.45, 7) is 8.00. The van der Waals surface area contributed by atoms with Crippen LogP contribution in [0, 0.1) is 0 Å². The second-order valence-corrected chi connectivity index (χ2v) is 2.79. The van der Waals surface area contributed by atoms with E-state index in [4.69, 9.17) is 15.9 Å². The standard InChI is InChI=1S/C9H11NO3.2C2H6/c10-9(13)4-2-6-1-3-7(11)8(12)5-6;2*1-2/h1,3,5,11-12H,2,4H2,(H2,10,13);2*1-2H3. The van der Waals surface area contributed by atoms with Crippen molar-refractivity contribution in [2.45, 2.75) is 40.5 Å². The lowest BCUT2D eigenvalue weighted by Crippen LogP contribution is -2.11. The normalized spacial score (nSPS) is 8.24. The first kappa shape index (κ1) is 17.7. The highest BCUT2D eigenvalue weighted by molar-refractivity contribution is 5.74. The SMILES string of the molecule is CC.CC.NC(=O)CCc1ccc(O)c(O)c1. The molecule has 1 aromatic rings. The summed E-state index contributed by atoms with van der Waals surface area (Å²) in [6.07, 6.45) is 0.716. The Kier molecular flexibility index (Phi) is 11.2. The molecule has 0 aliphatic heterocycles. The van der Waals surface area contributed by atoms with Crippen LogP contribution in [0.3, 0.4) is 0 Å². The van der Waals surface area contributed by atoms with Gasteiger partial charge in [0, 0.05) is 6.42 Å². The van der Waals surface area contributed by atoms with Crippen LogP contribution in [0.5, 0.6) is 11.5 Å². The van der Waals surface area contributed by atoms with Crippen molar-refractivity contribution in [3.05, 3.63) is 23.8 Å². The number of nitrogens with two attached hydrogens (primary N) is 1. The predicted molar refractivity (Wildman–Crippen MR) is 70.0 cm³/mol. The average molecular weight is 241 g/mol. The fraction of sp³-hybridized carbons (Fsp3) is 0.462. The van der Waals surface area contributed by atoms with E-state index in [0.717, 1.165) is 5.56 Å². The molecule has 1 rings (SSSR count). The molecule has 4 N–H and O–H groups in total. The molecule has 98 valence electrons. The Bertz CT molecular complexity index is 324. The molecule has 0 unspecified atom stereocenters. The van der Waals surface area contributed by atoms with Gasteiger partial charge in [-0.1, -0.05) is 33.8 Å². The van der Waals surface area contributed by atoms with Crippen LogP contribution in [0.1, 0.15) is 39.7 Å². The van der Waals surface area contributed by atoms with E-state index in [0.29, 0.717) is 6.42 Å². The van der Waals surface area contributed by atoms with Crippen molar-refractivity contribution in [3.63, 3.8) is 0 Å². The van der Waals surface area contributed by atoms with E-state index in [1.165, 1.54) is 12.1 Å². The van der Waals surface area contributed by atoms with Crippen LogP contribution in [0.4, 0.5) is 0 Å². The van der Waals surface area contributed by atoms with E-state index in [9.17, 15) is 4.79 Å². The minimum Gasteiger partial charge on any atom is -0.504 e. The van der Waals surface area contributed by atoms with E-state index in [-0.39, 0.29) is 23.8 Å². The number of benzene rings is 1. The lowest BCUT2D eigenvalue weighted by atomic mass is 10.1. The molecule has 4 heteroatoms. The number of aromatic hydroxyl groups is 2. The molecule has 1 amide bonds. The van der Waals surface area contributed by atoms with Crippen molar-refractivity contribution in [2.24, 2.45) is 5.73 Å². The van der Waals surface area contributed by atoms with Crippen LogP contribution in [-0.4, -0.2) is 16.1 Å². The molecule has 0 aromatic heterocycles. The van der Waals surface area contributed by atoms with Gasteiger partial charge in [-0.3, -0.25) is 4.79 Å². The van der Waals surface area contributed by atoms with E-state index >= 15 is 0 Å². The number of carbonyl (C=O) groups is 1. The minimum absolute atomic E-state index is 0.164. The molecule has 0 aliphatic rings. The third-order valence-corrected chi connectivity index (χ3v) is 1.70. The number of hydrogen-bond donors (Lipinski definition) is 3. The summed E-state index contributed by atoms with van der Waals surface area (Å²) < 4.78 is 0. The first-order valence-corrected chi connectivity index (χ1v) is 5.89. The molecule has 0 radical (unpaired) electrons. The van der Waals surface area contributed by atoms with Crippen molar-refractivity contribution in [1.29, 1.82) is 0 Å². The number of hydrogen-bond acceptors (Lipinski definition) is 3. The Labute approximate surface area is 103 Å². The average Bonchev–Trinajstić information content (AvgIpc) is 2.36. The van der Waals surface area contributed by atoms with E-state index in [2.05, 4.69) is 0 Å². The van der Waals surface area contributed by atoms with E-state index < -0.39 is 0 Å². The first-order chi connectivity index (χ1) is 8.09. The van der Waals surface area contributed by atoms with Gasteiger partial charge in [-0.25, -0.2) is 0 Å². The number of amides is 1. The van der Waals surface area contributed by atoms with Crippen LogP contribution < -0.4 is 5.73 Å². The zero-order valence-electron chi connectivity index (χ0n) is 11.0. The third-order valence-electron chi connectivity index (χ3n) is 1.70. The van der Waals surface area contributed by atoms with Crippen molar-refractivity contribution < 1.29 is 15.0 Å². The van der Waals surface area contributed by atoms with Gasteiger partial charge < -0.3 is 15.9 Å². The van der Waals surface area contributed by atoms with Gasteiger partial charge in [0.1, 0.15) is 0 Å². The molecule has 0 fully saturated rings. The quantitative estimate of drug-likeness (QED) is 0.711. The van der Waals surface area contributed by atoms with Crippen LogP contribution in [0.2, 0.25) is 0 Å². The highest BCUT2D eigenvalue weighted by Crippen LogP contribution is 2.25. The molecule has 0 heterocycles. The van der Waals surface area contributed by atoms with Gasteiger partial charge in [0.15, 0.2) is 11.5 Å². The molecule has 0 spiro atoms. The highest BCUT2D eigenvalue weighted by Gasteiger charge is 2.01. The fourth-order valence-corrected chi connectivity index (χ4v) is 0.992. The molecule has 0 atom stereocenters. The number of carbonyl (C=O) groups excluding carboxylic acids is 1. The van der Waals surface area contributed by atoms with E-state index in [1.54, 1.807) is 6.07 Å². The largest absolute Gasteiger partial charge is 0.504 e. The summed E-state index contributed by atoms with van der Waals surface area (Å²) in [4.78, 5) is 10.4. The zero-order valence-corrected chi connectivity index (χ0v) is 11.0. The van der Waals surface area contributed by atoms with Gasteiger partial charge >= 0.3 is 0 Å². The van der Waals surface area contributed by atoms with E-state index in [1.807, 2.05) is 27.7 Å². The lowest BCUT2D eigenvalue weighted by molar-refractivity contribution is -0.117.